The van der Waals surface area contributed by atoms with Crippen molar-refractivity contribution in [1.29, 1.82) is 0 Å². The van der Waals surface area contributed by atoms with Gasteiger partial charge in [-0.15, -0.1) is 0 Å². The fraction of sp³-hybridized carbons (Fsp3) is 0.345. The lowest BCUT2D eigenvalue weighted by Gasteiger charge is -2.36. The van der Waals surface area contributed by atoms with Crippen molar-refractivity contribution in [2.45, 2.75) is 18.9 Å². The molecule has 0 aliphatic carbocycles. The molecule has 0 saturated carbocycles. The molecule has 2 N–H and O–H groups in total. The highest BCUT2D eigenvalue weighted by atomic mass is 31.1. The Hall–Kier alpha value is -3.08. The highest BCUT2D eigenvalue weighted by Crippen LogP contribution is 2.35. The maximum atomic E-state index is 5.49. The number of fused-ring (bicyclic) bond motifs is 1. The van der Waals surface area contributed by atoms with Crippen LogP contribution in [0.4, 0.5) is 17.1 Å². The summed E-state index contributed by atoms with van der Waals surface area (Å²) in [7, 11) is 5.81. The molecule has 188 valence electrons. The number of H-pyrrole nitrogens is 1. The van der Waals surface area contributed by atoms with E-state index in [1.165, 1.54) is 29.4 Å². The first-order valence-corrected chi connectivity index (χ1v) is 14.8. The Morgan fingerprint density at radius 2 is 1.75 bits per heavy atom. The van der Waals surface area contributed by atoms with Gasteiger partial charge in [0, 0.05) is 53.8 Å². The predicted octanol–water partition coefficient (Wildman–Crippen LogP) is 5.88. The van der Waals surface area contributed by atoms with Crippen molar-refractivity contribution in [2.75, 3.05) is 57.8 Å². The quantitative estimate of drug-likeness (QED) is 0.310. The van der Waals surface area contributed by atoms with Gasteiger partial charge in [-0.1, -0.05) is 20.1 Å². The van der Waals surface area contributed by atoms with Crippen molar-refractivity contribution >= 4 is 41.3 Å². The van der Waals surface area contributed by atoms with Crippen LogP contribution in [0, 0.1) is 0 Å². The van der Waals surface area contributed by atoms with Crippen LogP contribution in [-0.4, -0.2) is 68.5 Å². The van der Waals surface area contributed by atoms with E-state index >= 15 is 0 Å². The standard InChI is InChI=1S/C29H36N5OP/c1-33(2)21-13-16-34(17-14-21)22-8-6-20(7-9-22)26-19-24-25(12-15-30-29(24)32-26)31-27-18-23(35-3)10-11-28(27)36(4)5/h6-12,15,18-19,21H,13-14,16-17H2,1-5H3,(H2,30,31,32). The van der Waals surface area contributed by atoms with Crippen LogP contribution in [0.15, 0.2) is 60.8 Å². The number of pyridine rings is 1. The Labute approximate surface area is 215 Å². The van der Waals surface area contributed by atoms with Crippen molar-refractivity contribution in [3.05, 3.63) is 60.8 Å². The minimum absolute atomic E-state index is 0.267. The van der Waals surface area contributed by atoms with E-state index in [2.05, 4.69) is 95.0 Å². The molecule has 1 fully saturated rings. The number of aromatic nitrogens is 2. The zero-order valence-electron chi connectivity index (χ0n) is 21.9. The molecule has 0 atom stereocenters. The van der Waals surface area contributed by atoms with E-state index in [0.29, 0.717) is 6.04 Å². The van der Waals surface area contributed by atoms with Crippen LogP contribution in [0.3, 0.4) is 0 Å². The number of hydrogen-bond donors (Lipinski definition) is 2. The van der Waals surface area contributed by atoms with E-state index in [1.54, 1.807) is 7.11 Å². The van der Waals surface area contributed by atoms with Crippen LogP contribution in [0.1, 0.15) is 12.8 Å². The molecular weight excluding hydrogens is 465 g/mol. The highest BCUT2D eigenvalue weighted by molar-refractivity contribution is 7.64. The summed E-state index contributed by atoms with van der Waals surface area (Å²) < 4.78 is 5.49. The monoisotopic (exact) mass is 501 g/mol. The number of anilines is 3. The fourth-order valence-electron chi connectivity index (χ4n) is 5.06. The summed E-state index contributed by atoms with van der Waals surface area (Å²) in [4.78, 5) is 13.0. The number of piperidine rings is 1. The zero-order valence-corrected chi connectivity index (χ0v) is 22.8. The second-order valence-corrected chi connectivity index (χ2v) is 12.2. The van der Waals surface area contributed by atoms with Crippen molar-refractivity contribution in [2.24, 2.45) is 0 Å². The highest BCUT2D eigenvalue weighted by Gasteiger charge is 2.21. The molecule has 7 heteroatoms. The van der Waals surface area contributed by atoms with Gasteiger partial charge in [-0.2, -0.15) is 0 Å². The molecule has 36 heavy (non-hydrogen) atoms. The Morgan fingerprint density at radius 1 is 1.00 bits per heavy atom. The van der Waals surface area contributed by atoms with Crippen LogP contribution < -0.4 is 20.3 Å². The fourth-order valence-corrected chi connectivity index (χ4v) is 6.04. The number of rotatable bonds is 7. The van der Waals surface area contributed by atoms with Gasteiger partial charge in [0.1, 0.15) is 11.4 Å². The minimum Gasteiger partial charge on any atom is -0.497 e. The summed E-state index contributed by atoms with van der Waals surface area (Å²) in [6.07, 6.45) is 4.28. The zero-order chi connectivity index (χ0) is 25.2. The number of aromatic amines is 1. The van der Waals surface area contributed by atoms with Gasteiger partial charge >= 0.3 is 0 Å². The first-order chi connectivity index (χ1) is 17.4. The summed E-state index contributed by atoms with van der Waals surface area (Å²) in [5.74, 6) is 0.851. The third-order valence-corrected chi connectivity index (χ3v) is 8.58. The molecule has 0 radical (unpaired) electrons. The Balaban J connectivity index is 1.39. The van der Waals surface area contributed by atoms with E-state index in [9.17, 15) is 0 Å². The number of benzene rings is 2. The van der Waals surface area contributed by atoms with Crippen molar-refractivity contribution in [3.8, 4) is 17.0 Å². The molecule has 1 aliphatic rings. The maximum Gasteiger partial charge on any atom is 0.139 e. The van der Waals surface area contributed by atoms with Crippen LogP contribution >= 0.6 is 7.92 Å². The molecule has 1 aliphatic heterocycles. The van der Waals surface area contributed by atoms with E-state index in [1.807, 2.05) is 18.3 Å². The first-order valence-electron chi connectivity index (χ1n) is 12.5. The van der Waals surface area contributed by atoms with E-state index in [-0.39, 0.29) is 7.92 Å². The van der Waals surface area contributed by atoms with Gasteiger partial charge < -0.3 is 24.8 Å². The molecule has 4 aromatic rings. The van der Waals surface area contributed by atoms with Gasteiger partial charge in [-0.05, 0) is 87.5 Å². The molecular formula is C29H36N5OP. The second-order valence-electron chi connectivity index (χ2n) is 9.94. The normalized spacial score (nSPS) is 14.7. The third-order valence-electron chi connectivity index (χ3n) is 7.22. The molecule has 0 bridgehead atoms. The number of ether oxygens (including phenoxy) is 1. The van der Waals surface area contributed by atoms with Gasteiger partial charge in [-0.3, -0.25) is 0 Å². The summed E-state index contributed by atoms with van der Waals surface area (Å²) in [6.45, 7) is 6.76. The van der Waals surface area contributed by atoms with Crippen molar-refractivity contribution in [1.82, 2.24) is 14.9 Å². The molecule has 2 aromatic heterocycles. The van der Waals surface area contributed by atoms with Crippen molar-refractivity contribution < 1.29 is 4.74 Å². The third kappa shape index (κ3) is 5.07. The van der Waals surface area contributed by atoms with Gasteiger partial charge in [0.25, 0.3) is 0 Å². The lowest BCUT2D eigenvalue weighted by Crippen LogP contribution is -2.41. The van der Waals surface area contributed by atoms with Crippen LogP contribution in [0.5, 0.6) is 5.75 Å². The Bertz CT molecular complexity index is 1320. The summed E-state index contributed by atoms with van der Waals surface area (Å²) in [5, 5.41) is 6.06. The van der Waals surface area contributed by atoms with Crippen LogP contribution in [0.2, 0.25) is 0 Å². The average Bonchev–Trinajstić information content (AvgIpc) is 3.34. The summed E-state index contributed by atoms with van der Waals surface area (Å²) in [5.41, 5.74) is 6.54. The minimum atomic E-state index is -0.267. The summed E-state index contributed by atoms with van der Waals surface area (Å²) in [6, 6.07) is 20.1. The first kappa shape index (κ1) is 24.6. The number of nitrogens with zero attached hydrogens (tertiary/aromatic N) is 3. The topological polar surface area (TPSA) is 56.4 Å². The SMILES string of the molecule is COc1ccc(P(C)C)c(Nc2ccnc3[nH]c(-c4ccc(N5CCC(N(C)C)CC5)cc4)cc23)c1. The molecule has 0 spiro atoms. The number of hydrogen-bond acceptors (Lipinski definition) is 5. The largest absolute Gasteiger partial charge is 0.497 e. The van der Waals surface area contributed by atoms with E-state index in [0.717, 1.165) is 46.9 Å². The van der Waals surface area contributed by atoms with Crippen LogP contribution in [-0.2, 0) is 0 Å². The van der Waals surface area contributed by atoms with Crippen LogP contribution in [0.25, 0.3) is 22.3 Å². The molecule has 1 saturated heterocycles. The second kappa shape index (κ2) is 10.5. The van der Waals surface area contributed by atoms with Gasteiger partial charge in [0.2, 0.25) is 0 Å². The Morgan fingerprint density at radius 3 is 2.42 bits per heavy atom. The lowest BCUT2D eigenvalue weighted by atomic mass is 10.0. The molecule has 2 aromatic carbocycles. The van der Waals surface area contributed by atoms with Crippen molar-refractivity contribution in [3.63, 3.8) is 0 Å². The lowest BCUT2D eigenvalue weighted by molar-refractivity contribution is 0.249. The molecule has 3 heterocycles. The van der Waals surface area contributed by atoms with Gasteiger partial charge in [0.05, 0.1) is 12.8 Å². The molecule has 5 rings (SSSR count). The smallest absolute Gasteiger partial charge is 0.139 e. The summed E-state index contributed by atoms with van der Waals surface area (Å²) >= 11 is 0. The van der Waals surface area contributed by atoms with E-state index < -0.39 is 0 Å². The van der Waals surface area contributed by atoms with E-state index in [4.69, 9.17) is 4.74 Å². The molecule has 6 nitrogen and oxygen atoms in total. The molecule has 0 unspecified atom stereocenters. The van der Waals surface area contributed by atoms with Gasteiger partial charge in [-0.25, -0.2) is 4.98 Å². The van der Waals surface area contributed by atoms with Gasteiger partial charge in [0.15, 0.2) is 0 Å². The number of nitrogens with one attached hydrogen (secondary N) is 2. The predicted molar refractivity (Wildman–Crippen MR) is 155 cm³/mol. The average molecular weight is 502 g/mol. The molecule has 0 amide bonds. The maximum absolute atomic E-state index is 5.49. The number of methoxy groups -OCH3 is 1. The Kier molecular flexibility index (Phi) is 7.17.